The van der Waals surface area contributed by atoms with E-state index in [0.29, 0.717) is 17.9 Å². The SMILES string of the molecule is CC(C)c1noc([C@H](N[C@@H]2CCC[C@@H](C3CC3)C2)C2CCOCC2)n1. The molecule has 0 radical (unpaired) electrons. The van der Waals surface area contributed by atoms with Crippen molar-refractivity contribution in [1.29, 1.82) is 0 Å². The van der Waals surface area contributed by atoms with Gasteiger partial charge in [-0.15, -0.1) is 0 Å². The minimum Gasteiger partial charge on any atom is -0.381 e. The van der Waals surface area contributed by atoms with Gasteiger partial charge < -0.3 is 14.6 Å². The van der Waals surface area contributed by atoms with Crippen molar-refractivity contribution in [3.63, 3.8) is 0 Å². The minimum absolute atomic E-state index is 0.187. The third-order valence-corrected chi connectivity index (χ3v) is 6.40. The Hall–Kier alpha value is -0.940. The van der Waals surface area contributed by atoms with E-state index in [2.05, 4.69) is 24.3 Å². The smallest absolute Gasteiger partial charge is 0.244 e. The van der Waals surface area contributed by atoms with Crippen LogP contribution in [0.5, 0.6) is 0 Å². The van der Waals surface area contributed by atoms with E-state index in [-0.39, 0.29) is 6.04 Å². The predicted molar refractivity (Wildman–Crippen MR) is 96.3 cm³/mol. The Morgan fingerprint density at radius 3 is 2.48 bits per heavy atom. The molecule has 3 aliphatic rings. The summed E-state index contributed by atoms with van der Waals surface area (Å²) in [5, 5.41) is 8.18. The van der Waals surface area contributed by atoms with Gasteiger partial charge in [0.1, 0.15) is 0 Å². The normalized spacial score (nSPS) is 29.9. The fraction of sp³-hybridized carbons (Fsp3) is 0.900. The number of hydrogen-bond acceptors (Lipinski definition) is 5. The molecule has 2 aliphatic carbocycles. The van der Waals surface area contributed by atoms with Crippen LogP contribution in [0.3, 0.4) is 0 Å². The second-order valence-electron chi connectivity index (χ2n) is 8.70. The Labute approximate surface area is 151 Å². The second kappa shape index (κ2) is 7.75. The third-order valence-electron chi connectivity index (χ3n) is 6.40. The molecule has 5 heteroatoms. The van der Waals surface area contributed by atoms with E-state index in [0.717, 1.165) is 49.6 Å². The Morgan fingerprint density at radius 2 is 1.80 bits per heavy atom. The van der Waals surface area contributed by atoms with Gasteiger partial charge >= 0.3 is 0 Å². The monoisotopic (exact) mass is 347 g/mol. The van der Waals surface area contributed by atoms with Crippen molar-refractivity contribution >= 4 is 0 Å². The molecular formula is C20H33N3O2. The van der Waals surface area contributed by atoms with Crippen LogP contribution >= 0.6 is 0 Å². The quantitative estimate of drug-likeness (QED) is 0.835. The van der Waals surface area contributed by atoms with E-state index >= 15 is 0 Å². The Bertz CT molecular complexity index is 549. The summed E-state index contributed by atoms with van der Waals surface area (Å²) in [6.07, 6.45) is 10.5. The van der Waals surface area contributed by atoms with E-state index in [4.69, 9.17) is 14.2 Å². The fourth-order valence-corrected chi connectivity index (χ4v) is 4.69. The average Bonchev–Trinajstić information content (AvgIpc) is 3.37. The molecule has 0 unspecified atom stereocenters. The summed E-state index contributed by atoms with van der Waals surface area (Å²) in [6.45, 7) is 5.94. The Morgan fingerprint density at radius 1 is 1.00 bits per heavy atom. The van der Waals surface area contributed by atoms with Gasteiger partial charge in [0.05, 0.1) is 6.04 Å². The molecule has 1 saturated heterocycles. The van der Waals surface area contributed by atoms with Crippen molar-refractivity contribution in [2.75, 3.05) is 13.2 Å². The van der Waals surface area contributed by atoms with Crippen molar-refractivity contribution < 1.29 is 9.26 Å². The van der Waals surface area contributed by atoms with E-state index in [9.17, 15) is 0 Å². The lowest BCUT2D eigenvalue weighted by molar-refractivity contribution is 0.0447. The summed E-state index contributed by atoms with van der Waals surface area (Å²) < 4.78 is 11.3. The first-order chi connectivity index (χ1) is 12.2. The second-order valence-corrected chi connectivity index (χ2v) is 8.70. The number of ether oxygens (including phenoxy) is 1. The first kappa shape index (κ1) is 17.5. The van der Waals surface area contributed by atoms with Crippen LogP contribution in [-0.4, -0.2) is 29.4 Å². The van der Waals surface area contributed by atoms with Crippen LogP contribution in [0.4, 0.5) is 0 Å². The van der Waals surface area contributed by atoms with Crippen LogP contribution < -0.4 is 5.32 Å². The minimum atomic E-state index is 0.187. The molecule has 1 aromatic rings. The number of nitrogens with one attached hydrogen (secondary N) is 1. The molecule has 0 bridgehead atoms. The first-order valence-electron chi connectivity index (χ1n) is 10.4. The molecule has 1 aliphatic heterocycles. The van der Waals surface area contributed by atoms with Gasteiger partial charge in [0.2, 0.25) is 5.89 Å². The largest absolute Gasteiger partial charge is 0.381 e. The highest BCUT2D eigenvalue weighted by Gasteiger charge is 2.37. The van der Waals surface area contributed by atoms with Crippen LogP contribution in [0.15, 0.2) is 4.52 Å². The summed E-state index contributed by atoms with van der Waals surface area (Å²) in [6, 6.07) is 0.786. The van der Waals surface area contributed by atoms with Crippen LogP contribution in [0, 0.1) is 17.8 Å². The van der Waals surface area contributed by atoms with Gasteiger partial charge in [-0.25, -0.2) is 0 Å². The summed E-state index contributed by atoms with van der Waals surface area (Å²) in [4.78, 5) is 4.74. The highest BCUT2D eigenvalue weighted by Crippen LogP contribution is 2.44. The maximum Gasteiger partial charge on any atom is 0.244 e. The van der Waals surface area contributed by atoms with Crippen LogP contribution in [0.2, 0.25) is 0 Å². The molecule has 4 rings (SSSR count). The first-order valence-corrected chi connectivity index (χ1v) is 10.4. The predicted octanol–water partition coefficient (Wildman–Crippen LogP) is 4.22. The van der Waals surface area contributed by atoms with E-state index in [1.165, 1.54) is 38.5 Å². The van der Waals surface area contributed by atoms with Gasteiger partial charge in [0, 0.05) is 25.2 Å². The van der Waals surface area contributed by atoms with Crippen molar-refractivity contribution in [2.45, 2.75) is 83.2 Å². The van der Waals surface area contributed by atoms with Gasteiger partial charge in [0.25, 0.3) is 0 Å². The molecule has 25 heavy (non-hydrogen) atoms. The molecule has 3 atom stereocenters. The van der Waals surface area contributed by atoms with Crippen molar-refractivity contribution in [3.05, 3.63) is 11.7 Å². The Kier molecular flexibility index (Phi) is 5.41. The topological polar surface area (TPSA) is 60.2 Å². The molecule has 3 fully saturated rings. The molecule has 2 saturated carbocycles. The molecular weight excluding hydrogens is 314 g/mol. The molecule has 0 aromatic carbocycles. The summed E-state index contributed by atoms with van der Waals surface area (Å²) >= 11 is 0. The zero-order valence-corrected chi connectivity index (χ0v) is 15.7. The highest BCUT2D eigenvalue weighted by molar-refractivity contribution is 5.00. The lowest BCUT2D eigenvalue weighted by atomic mass is 9.81. The van der Waals surface area contributed by atoms with Crippen LogP contribution in [0.1, 0.15) is 88.9 Å². The summed E-state index contributed by atoms with van der Waals surface area (Å²) in [5.74, 6) is 4.42. The average molecular weight is 348 g/mol. The van der Waals surface area contributed by atoms with Gasteiger partial charge in [-0.2, -0.15) is 4.98 Å². The third kappa shape index (κ3) is 4.25. The summed E-state index contributed by atoms with van der Waals surface area (Å²) in [5.41, 5.74) is 0. The molecule has 5 nitrogen and oxygen atoms in total. The number of rotatable bonds is 6. The standard InChI is InChI=1S/C20H33N3O2/c1-13(2)19-22-20(25-23-19)18(15-8-10-24-11-9-15)21-17-5-3-4-16(12-17)14-6-7-14/h13-18,21H,3-12H2,1-2H3/t16-,17-,18-/m1/s1. The van der Waals surface area contributed by atoms with E-state index in [1.807, 2.05) is 0 Å². The van der Waals surface area contributed by atoms with Gasteiger partial charge in [-0.3, -0.25) is 0 Å². The maximum absolute atomic E-state index is 5.71. The lowest BCUT2D eigenvalue weighted by Gasteiger charge is -2.35. The van der Waals surface area contributed by atoms with Gasteiger partial charge in [-0.05, 0) is 56.3 Å². The maximum atomic E-state index is 5.71. The molecule has 0 spiro atoms. The molecule has 1 aromatic heterocycles. The van der Waals surface area contributed by atoms with E-state index in [1.54, 1.807) is 0 Å². The number of aromatic nitrogens is 2. The number of hydrogen-bond donors (Lipinski definition) is 1. The van der Waals surface area contributed by atoms with Crippen molar-refractivity contribution in [2.24, 2.45) is 17.8 Å². The highest BCUT2D eigenvalue weighted by atomic mass is 16.5. The van der Waals surface area contributed by atoms with Crippen LogP contribution in [-0.2, 0) is 4.74 Å². The molecule has 140 valence electrons. The zero-order valence-electron chi connectivity index (χ0n) is 15.7. The van der Waals surface area contributed by atoms with Gasteiger partial charge in [-0.1, -0.05) is 31.8 Å². The van der Waals surface area contributed by atoms with Gasteiger partial charge in [0.15, 0.2) is 5.82 Å². The van der Waals surface area contributed by atoms with Crippen LogP contribution in [0.25, 0.3) is 0 Å². The van der Waals surface area contributed by atoms with E-state index < -0.39 is 0 Å². The van der Waals surface area contributed by atoms with Crippen molar-refractivity contribution in [1.82, 2.24) is 15.5 Å². The number of nitrogens with zero attached hydrogens (tertiary/aromatic N) is 2. The molecule has 0 amide bonds. The van der Waals surface area contributed by atoms with Crippen molar-refractivity contribution in [3.8, 4) is 0 Å². The fourth-order valence-electron chi connectivity index (χ4n) is 4.69. The summed E-state index contributed by atoms with van der Waals surface area (Å²) in [7, 11) is 0. The lowest BCUT2D eigenvalue weighted by Crippen LogP contribution is -2.41. The molecule has 1 N–H and O–H groups in total. The Balaban J connectivity index is 1.47. The zero-order chi connectivity index (χ0) is 17.2. The molecule has 2 heterocycles.